The van der Waals surface area contributed by atoms with Gasteiger partial charge in [-0.1, -0.05) is 29.5 Å². The summed E-state index contributed by atoms with van der Waals surface area (Å²) >= 11 is 4.88. The second-order valence-electron chi connectivity index (χ2n) is 4.31. The maximum absolute atomic E-state index is 9.30. The number of nitrogens with zero attached hydrogens (tertiary/aromatic N) is 3. The summed E-state index contributed by atoms with van der Waals surface area (Å²) < 4.78 is 0.816. The molecule has 0 fully saturated rings. The van der Waals surface area contributed by atoms with Crippen molar-refractivity contribution in [2.45, 2.75) is 6.42 Å². The molecule has 98 valence electrons. The number of aromatic hydroxyl groups is 1. The van der Waals surface area contributed by atoms with Crippen LogP contribution in [0, 0.1) is 0 Å². The van der Waals surface area contributed by atoms with Crippen molar-refractivity contribution >= 4 is 38.0 Å². The molecule has 2 aromatic rings. The van der Waals surface area contributed by atoms with E-state index in [-0.39, 0.29) is 0 Å². The van der Waals surface area contributed by atoms with Gasteiger partial charge in [0.25, 0.3) is 0 Å². The lowest BCUT2D eigenvalue weighted by Crippen LogP contribution is -2.28. The van der Waals surface area contributed by atoms with Crippen molar-refractivity contribution in [2.75, 3.05) is 18.0 Å². The zero-order valence-electron chi connectivity index (χ0n) is 10.1. The van der Waals surface area contributed by atoms with Gasteiger partial charge >= 0.3 is 0 Å². The molecule has 0 atom stereocenters. The summed E-state index contributed by atoms with van der Waals surface area (Å²) in [6.07, 6.45) is 3.19. The summed E-state index contributed by atoms with van der Waals surface area (Å²) in [5, 5.41) is 18.4. The molecule has 0 bridgehead atoms. The van der Waals surface area contributed by atoms with Gasteiger partial charge in [0, 0.05) is 13.1 Å². The maximum Gasteiger partial charge on any atom is 0.209 e. The average molecular weight is 338 g/mol. The number of benzene rings is 1. The van der Waals surface area contributed by atoms with E-state index in [4.69, 9.17) is 0 Å². The molecule has 19 heavy (non-hydrogen) atoms. The fraction of sp³-hybridized carbons (Fsp3) is 0.231. The molecule has 0 aliphatic carbocycles. The Morgan fingerprint density at radius 2 is 2.00 bits per heavy atom. The van der Waals surface area contributed by atoms with Crippen LogP contribution < -0.4 is 4.90 Å². The van der Waals surface area contributed by atoms with E-state index in [1.54, 1.807) is 23.5 Å². The zero-order chi connectivity index (χ0) is 13.2. The molecule has 0 spiro atoms. The number of phenols is 1. The normalized spacial score (nSPS) is 15.4. The van der Waals surface area contributed by atoms with Crippen LogP contribution in [0.25, 0.3) is 5.57 Å². The van der Waals surface area contributed by atoms with Crippen molar-refractivity contribution in [1.29, 1.82) is 0 Å². The SMILES string of the molecule is Oc1ccc(C2=CCN(c3nnc(Br)s3)CC2)cc1. The minimum atomic E-state index is 0.306. The van der Waals surface area contributed by atoms with Crippen molar-refractivity contribution in [1.82, 2.24) is 10.2 Å². The smallest absolute Gasteiger partial charge is 0.209 e. The zero-order valence-corrected chi connectivity index (χ0v) is 12.5. The molecule has 0 amide bonds. The van der Waals surface area contributed by atoms with Crippen LogP contribution in [0.5, 0.6) is 5.75 Å². The Morgan fingerprint density at radius 3 is 2.58 bits per heavy atom. The summed E-state index contributed by atoms with van der Waals surface area (Å²) in [7, 11) is 0. The van der Waals surface area contributed by atoms with Crippen LogP contribution in [0.4, 0.5) is 5.13 Å². The monoisotopic (exact) mass is 337 g/mol. The molecule has 4 nitrogen and oxygen atoms in total. The fourth-order valence-corrected chi connectivity index (χ4v) is 3.23. The van der Waals surface area contributed by atoms with E-state index < -0.39 is 0 Å². The molecule has 0 saturated heterocycles. The number of aromatic nitrogens is 2. The lowest BCUT2D eigenvalue weighted by Gasteiger charge is -2.25. The number of phenolic OH excluding ortho intramolecular Hbond substituents is 1. The second-order valence-corrected chi connectivity index (χ2v) is 6.54. The van der Waals surface area contributed by atoms with Crippen molar-refractivity contribution < 1.29 is 5.11 Å². The summed E-state index contributed by atoms with van der Waals surface area (Å²) in [5.41, 5.74) is 2.50. The average Bonchev–Trinajstić information content (AvgIpc) is 2.87. The number of rotatable bonds is 2. The fourth-order valence-electron chi connectivity index (χ4n) is 2.11. The van der Waals surface area contributed by atoms with Crippen molar-refractivity contribution in [2.24, 2.45) is 0 Å². The molecule has 0 saturated carbocycles. The third-order valence-electron chi connectivity index (χ3n) is 3.11. The highest BCUT2D eigenvalue weighted by Crippen LogP contribution is 2.29. The van der Waals surface area contributed by atoms with Gasteiger partial charge in [-0.3, -0.25) is 0 Å². The highest BCUT2D eigenvalue weighted by molar-refractivity contribution is 9.11. The van der Waals surface area contributed by atoms with E-state index in [0.29, 0.717) is 5.75 Å². The summed E-state index contributed by atoms with van der Waals surface area (Å²) in [6.45, 7) is 1.78. The molecule has 1 aliphatic heterocycles. The highest BCUT2D eigenvalue weighted by atomic mass is 79.9. The van der Waals surface area contributed by atoms with Gasteiger partial charge in [0.1, 0.15) is 5.75 Å². The van der Waals surface area contributed by atoms with Gasteiger partial charge in [-0.05, 0) is 45.6 Å². The maximum atomic E-state index is 9.30. The summed E-state index contributed by atoms with van der Waals surface area (Å²) in [6, 6.07) is 7.37. The molecule has 0 unspecified atom stereocenters. The minimum absolute atomic E-state index is 0.306. The Hall–Kier alpha value is -1.40. The van der Waals surface area contributed by atoms with E-state index in [2.05, 4.69) is 37.1 Å². The molecule has 1 aromatic carbocycles. The van der Waals surface area contributed by atoms with Crippen molar-refractivity contribution in [3.8, 4) is 5.75 Å². The van der Waals surface area contributed by atoms with Gasteiger partial charge in [0.05, 0.1) is 0 Å². The molecular formula is C13H12BrN3OS. The Balaban J connectivity index is 1.75. The van der Waals surface area contributed by atoms with Crippen LogP contribution in [0.1, 0.15) is 12.0 Å². The lowest BCUT2D eigenvalue weighted by atomic mass is 10.00. The topological polar surface area (TPSA) is 49.2 Å². The van der Waals surface area contributed by atoms with Gasteiger partial charge in [0.2, 0.25) is 5.13 Å². The lowest BCUT2D eigenvalue weighted by molar-refractivity contribution is 0.475. The Bertz CT molecular complexity index is 609. The Labute approximate surface area is 123 Å². The molecule has 6 heteroatoms. The number of halogens is 1. The van der Waals surface area contributed by atoms with Crippen LogP contribution in [0.3, 0.4) is 0 Å². The van der Waals surface area contributed by atoms with Crippen LogP contribution in [0.15, 0.2) is 34.3 Å². The van der Waals surface area contributed by atoms with Crippen molar-refractivity contribution in [3.63, 3.8) is 0 Å². The molecule has 3 rings (SSSR count). The van der Waals surface area contributed by atoms with Crippen LogP contribution in [0.2, 0.25) is 0 Å². The van der Waals surface area contributed by atoms with Gasteiger partial charge in [0.15, 0.2) is 3.92 Å². The second kappa shape index (κ2) is 5.30. The first-order valence-electron chi connectivity index (χ1n) is 5.95. The molecule has 2 heterocycles. The van der Waals surface area contributed by atoms with E-state index in [1.807, 2.05) is 12.1 Å². The van der Waals surface area contributed by atoms with E-state index in [1.165, 1.54) is 11.1 Å². The predicted octanol–water partition coefficient (Wildman–Crippen LogP) is 3.30. The third kappa shape index (κ3) is 2.79. The molecule has 1 aromatic heterocycles. The van der Waals surface area contributed by atoms with Gasteiger partial charge in [-0.15, -0.1) is 10.2 Å². The third-order valence-corrected chi connectivity index (χ3v) is 4.52. The molecular weight excluding hydrogens is 326 g/mol. The number of anilines is 1. The van der Waals surface area contributed by atoms with E-state index in [0.717, 1.165) is 28.6 Å². The van der Waals surface area contributed by atoms with Crippen LogP contribution in [-0.4, -0.2) is 28.4 Å². The summed E-state index contributed by atoms with van der Waals surface area (Å²) in [5.74, 6) is 0.306. The summed E-state index contributed by atoms with van der Waals surface area (Å²) in [4.78, 5) is 2.21. The standard InChI is InChI=1S/C13H12BrN3OS/c14-12-15-16-13(19-12)17-7-5-10(6-8-17)9-1-3-11(18)4-2-9/h1-5,18H,6-8H2. The van der Waals surface area contributed by atoms with E-state index in [9.17, 15) is 5.11 Å². The first-order chi connectivity index (χ1) is 9.22. The minimum Gasteiger partial charge on any atom is -0.508 e. The predicted molar refractivity (Wildman–Crippen MR) is 80.5 cm³/mol. The molecule has 1 aliphatic rings. The number of hydrogen-bond donors (Lipinski definition) is 1. The first-order valence-corrected chi connectivity index (χ1v) is 7.56. The van der Waals surface area contributed by atoms with Crippen LogP contribution >= 0.6 is 27.3 Å². The molecule has 1 N–H and O–H groups in total. The van der Waals surface area contributed by atoms with Gasteiger partial charge in [-0.25, -0.2) is 0 Å². The largest absolute Gasteiger partial charge is 0.508 e. The highest BCUT2D eigenvalue weighted by Gasteiger charge is 2.16. The Kier molecular flexibility index (Phi) is 3.52. The van der Waals surface area contributed by atoms with Crippen molar-refractivity contribution in [3.05, 3.63) is 39.8 Å². The first kappa shape index (κ1) is 12.6. The van der Waals surface area contributed by atoms with Gasteiger partial charge in [-0.2, -0.15) is 0 Å². The quantitative estimate of drug-likeness (QED) is 0.913. The molecule has 0 radical (unpaired) electrons. The van der Waals surface area contributed by atoms with E-state index >= 15 is 0 Å². The Morgan fingerprint density at radius 1 is 1.21 bits per heavy atom. The van der Waals surface area contributed by atoms with Crippen LogP contribution in [-0.2, 0) is 0 Å². The van der Waals surface area contributed by atoms with Gasteiger partial charge < -0.3 is 10.0 Å². The number of hydrogen-bond acceptors (Lipinski definition) is 5.